The van der Waals surface area contributed by atoms with E-state index in [9.17, 15) is 0 Å². The number of hydrogen-bond acceptors (Lipinski definition) is 3. The fraction of sp³-hybridized carbons (Fsp3) is 0.0175. The minimum atomic E-state index is -3.00. The molecule has 0 fully saturated rings. The number of anilines is 3. The molecule has 8 aromatic carbocycles. The Morgan fingerprint density at radius 2 is 0.794 bits per heavy atom. The summed E-state index contributed by atoms with van der Waals surface area (Å²) < 4.78 is 18.4. The zero-order valence-electron chi connectivity index (χ0n) is 34.3. The van der Waals surface area contributed by atoms with Gasteiger partial charge in [-0.3, -0.25) is 0 Å². The van der Waals surface area contributed by atoms with Crippen molar-refractivity contribution in [2.24, 2.45) is 0 Å². The van der Waals surface area contributed by atoms with E-state index in [4.69, 9.17) is 8.83 Å². The van der Waals surface area contributed by atoms with Crippen molar-refractivity contribution in [3.8, 4) is 0 Å². The van der Waals surface area contributed by atoms with Crippen LogP contribution in [0.5, 0.6) is 0 Å². The van der Waals surface area contributed by atoms with E-state index in [0.29, 0.717) is 0 Å². The van der Waals surface area contributed by atoms with Gasteiger partial charge in [0.2, 0.25) is 0 Å². The minimum absolute atomic E-state index is 0.884. The van der Waals surface area contributed by atoms with Crippen molar-refractivity contribution >= 4 is 123 Å². The van der Waals surface area contributed by atoms with E-state index in [-0.39, 0.29) is 0 Å². The van der Waals surface area contributed by atoms with Crippen LogP contribution < -0.4 is 25.6 Å². The molecule has 0 saturated heterocycles. The average Bonchev–Trinajstić information content (AvgIpc) is 4.18. The molecule has 6 aromatic heterocycles. The number of benzene rings is 8. The van der Waals surface area contributed by atoms with Gasteiger partial charge in [-0.25, -0.2) is 0 Å². The maximum Gasteiger partial charge on any atom is 0.181 e. The van der Waals surface area contributed by atoms with Crippen LogP contribution in [0.3, 0.4) is 0 Å². The first-order chi connectivity index (χ1) is 31.2. The predicted molar refractivity (Wildman–Crippen MR) is 263 cm³/mol. The third kappa shape index (κ3) is 4.60. The highest BCUT2D eigenvalue weighted by atomic mass is 28.3. The number of aromatic nitrogens is 2. The Morgan fingerprint density at radius 1 is 0.381 bits per heavy atom. The molecule has 296 valence electrons. The Labute approximate surface area is 362 Å². The summed E-state index contributed by atoms with van der Waals surface area (Å²) in [5.74, 6) is 0. The van der Waals surface area contributed by atoms with E-state index in [0.717, 1.165) is 72.0 Å². The van der Waals surface area contributed by atoms with Crippen molar-refractivity contribution in [1.82, 2.24) is 8.80 Å². The first kappa shape index (κ1) is 34.6. The highest BCUT2D eigenvalue weighted by Crippen LogP contribution is 2.47. The molecule has 0 aliphatic carbocycles. The van der Waals surface area contributed by atoms with Gasteiger partial charge >= 0.3 is 0 Å². The molecular weight excluding hydrogens is 787 g/mol. The van der Waals surface area contributed by atoms with Crippen molar-refractivity contribution in [1.29, 1.82) is 0 Å². The molecule has 0 N–H and O–H groups in total. The molecule has 0 unspecified atom stereocenters. The third-order valence-corrected chi connectivity index (χ3v) is 18.4. The third-order valence-electron chi connectivity index (χ3n) is 13.6. The summed E-state index contributed by atoms with van der Waals surface area (Å²) in [6.07, 6.45) is 4.73. The summed E-state index contributed by atoms with van der Waals surface area (Å²) in [5, 5.41) is 12.2. The number of rotatable bonds is 7. The molecule has 0 aliphatic rings. The zero-order chi connectivity index (χ0) is 41.4. The van der Waals surface area contributed by atoms with Crippen LogP contribution >= 0.6 is 0 Å². The Balaban J connectivity index is 1.14. The number of hydrogen-bond donors (Lipinski definition) is 0. The van der Waals surface area contributed by atoms with Gasteiger partial charge in [0.05, 0.1) is 11.0 Å². The van der Waals surface area contributed by atoms with E-state index in [1.807, 2.05) is 6.07 Å². The topological polar surface area (TPSA) is 38.3 Å². The molecule has 14 aromatic rings. The summed E-state index contributed by atoms with van der Waals surface area (Å²) in [7, 11) is -3.00. The fourth-order valence-electron chi connectivity index (χ4n) is 11.1. The second-order valence-electron chi connectivity index (χ2n) is 16.9. The molecule has 0 atom stereocenters. The van der Waals surface area contributed by atoms with Crippen LogP contribution in [-0.4, -0.2) is 16.9 Å². The van der Waals surface area contributed by atoms with E-state index in [1.54, 1.807) is 0 Å². The second-order valence-corrected chi connectivity index (χ2v) is 20.7. The van der Waals surface area contributed by atoms with E-state index < -0.39 is 8.07 Å². The van der Waals surface area contributed by atoms with Crippen molar-refractivity contribution in [3.63, 3.8) is 0 Å². The van der Waals surface area contributed by atoms with Gasteiger partial charge in [0.15, 0.2) is 19.2 Å². The molecular formula is C57H37N3O2Si. The molecule has 0 amide bonds. The van der Waals surface area contributed by atoms with Crippen LogP contribution in [0, 0.1) is 6.92 Å². The molecule has 6 heteroatoms. The number of fused-ring (bicyclic) bond motifs is 10. The van der Waals surface area contributed by atoms with Gasteiger partial charge in [-0.2, -0.15) is 0 Å². The van der Waals surface area contributed by atoms with Gasteiger partial charge in [0.1, 0.15) is 22.2 Å². The van der Waals surface area contributed by atoms with Crippen molar-refractivity contribution in [2.75, 3.05) is 4.90 Å². The van der Waals surface area contributed by atoms with Gasteiger partial charge < -0.3 is 22.5 Å². The van der Waals surface area contributed by atoms with Gasteiger partial charge in [0.25, 0.3) is 0 Å². The largest absolute Gasteiger partial charge is 0.454 e. The normalized spacial score (nSPS) is 12.5. The van der Waals surface area contributed by atoms with E-state index in [2.05, 4.69) is 221 Å². The molecule has 0 radical (unpaired) electrons. The zero-order valence-corrected chi connectivity index (χ0v) is 35.3. The second kappa shape index (κ2) is 12.7. The van der Waals surface area contributed by atoms with Gasteiger partial charge in [-0.15, -0.1) is 0 Å². The lowest BCUT2D eigenvalue weighted by molar-refractivity contribution is 0.672. The summed E-state index contributed by atoms with van der Waals surface area (Å²) in [4.78, 5) is 2.43. The van der Waals surface area contributed by atoms with Crippen LogP contribution in [-0.2, 0) is 0 Å². The molecule has 0 bridgehead atoms. The standard InChI is InChI=1S/C57H37N3O2Si/c1-36-34-58-52-45(36)30-38(32-47(52)56-54(58)43-26-14-16-28-49(43)61-56)60(37-18-6-2-7-19-37)39-31-46-51(35-59-53(46)48(33-39)57-55(59)44-27-15-17-29-50(44)62-57)63(40-20-8-3-9-21-40,41-22-10-4-11-23-41)42-24-12-5-13-25-42/h2-35H,1H3. The van der Waals surface area contributed by atoms with Crippen LogP contribution in [0.2, 0.25) is 0 Å². The van der Waals surface area contributed by atoms with Gasteiger partial charge in [-0.1, -0.05) is 133 Å². The van der Waals surface area contributed by atoms with E-state index >= 15 is 0 Å². The highest BCUT2D eigenvalue weighted by Gasteiger charge is 2.44. The van der Waals surface area contributed by atoms with Crippen LogP contribution in [0.15, 0.2) is 215 Å². The molecule has 14 rings (SSSR count). The van der Waals surface area contributed by atoms with Crippen molar-refractivity contribution < 1.29 is 8.83 Å². The average molecular weight is 824 g/mol. The van der Waals surface area contributed by atoms with Gasteiger partial charge in [0, 0.05) is 61.8 Å². The smallest absolute Gasteiger partial charge is 0.181 e. The van der Waals surface area contributed by atoms with Gasteiger partial charge in [-0.05, 0) is 93.9 Å². The highest BCUT2D eigenvalue weighted by molar-refractivity contribution is 7.20. The Kier molecular flexibility index (Phi) is 7.00. The predicted octanol–water partition coefficient (Wildman–Crippen LogP) is 12.3. The van der Waals surface area contributed by atoms with Crippen LogP contribution in [0.4, 0.5) is 17.1 Å². The summed E-state index contributed by atoms with van der Waals surface area (Å²) in [6, 6.07) is 70.8. The molecule has 63 heavy (non-hydrogen) atoms. The van der Waals surface area contributed by atoms with Crippen molar-refractivity contribution in [2.45, 2.75) is 6.92 Å². The number of para-hydroxylation sites is 3. The van der Waals surface area contributed by atoms with E-state index in [1.165, 1.54) is 48.1 Å². The Hall–Kier alpha value is -8.06. The lowest BCUT2D eigenvalue weighted by Crippen LogP contribution is -2.74. The number of nitrogens with zero attached hydrogens (tertiary/aromatic N) is 3. The first-order valence-corrected chi connectivity index (χ1v) is 23.6. The van der Waals surface area contributed by atoms with Crippen LogP contribution in [0.25, 0.3) is 76.7 Å². The fourth-order valence-corrected chi connectivity index (χ4v) is 16.0. The molecule has 0 aliphatic heterocycles. The van der Waals surface area contributed by atoms with Crippen LogP contribution in [0.1, 0.15) is 5.56 Å². The maximum absolute atomic E-state index is 6.90. The maximum atomic E-state index is 6.90. The monoisotopic (exact) mass is 823 g/mol. The minimum Gasteiger partial charge on any atom is -0.454 e. The Morgan fingerprint density at radius 3 is 1.32 bits per heavy atom. The summed E-state index contributed by atoms with van der Waals surface area (Å²) in [6.45, 7) is 2.22. The number of furan rings is 2. The Bertz CT molecular complexity index is 3940. The molecule has 0 spiro atoms. The molecule has 0 saturated carbocycles. The number of aryl methyl sites for hydroxylation is 1. The first-order valence-electron chi connectivity index (χ1n) is 21.6. The SMILES string of the molecule is Cc1cn2c3c1cc(N(c1ccccc1)c1cc4c([Si](c5ccccc5)(c5ccccc5)c5ccccc5)cn5c4c(c1)c1oc4ccccc4c15)cc3c1oc3ccccc3c12. The molecule has 5 nitrogen and oxygen atoms in total. The lowest BCUT2D eigenvalue weighted by atomic mass is 10.1. The quantitative estimate of drug-likeness (QED) is 0.119. The summed E-state index contributed by atoms with van der Waals surface area (Å²) >= 11 is 0. The van der Waals surface area contributed by atoms with Crippen molar-refractivity contribution in [3.05, 3.63) is 212 Å². The lowest BCUT2D eigenvalue weighted by Gasteiger charge is -2.34. The molecule has 6 heterocycles. The summed E-state index contributed by atoms with van der Waals surface area (Å²) in [5.41, 5.74) is 12.6.